The number of nitrogens with two attached hydrogens (primary N) is 2. The van der Waals surface area contributed by atoms with Gasteiger partial charge in [-0.3, -0.25) is 0 Å². The van der Waals surface area contributed by atoms with Crippen molar-refractivity contribution >= 4 is 11.9 Å². The number of rotatable bonds is 4. The van der Waals surface area contributed by atoms with Crippen molar-refractivity contribution in [1.29, 1.82) is 0 Å². The summed E-state index contributed by atoms with van der Waals surface area (Å²) in [5, 5.41) is 36.9. The van der Waals surface area contributed by atoms with Crippen LogP contribution in [0, 0.1) is 0 Å². The lowest BCUT2D eigenvalue weighted by atomic mass is 10.0. The van der Waals surface area contributed by atoms with Crippen molar-refractivity contribution in [2.24, 2.45) is 16.5 Å². The lowest BCUT2D eigenvalue weighted by molar-refractivity contribution is -0.138. The number of aliphatic carboxylic acids is 1. The van der Waals surface area contributed by atoms with Gasteiger partial charge in [-0.15, -0.1) is 0 Å². The third kappa shape index (κ3) is 2.80. The number of carboxylic acids is 1. The molecule has 1 atom stereocenters. The number of aliphatic hydroxyl groups excluding tert-OH is 1. The Morgan fingerprint density at radius 2 is 1.78 bits per heavy atom. The van der Waals surface area contributed by atoms with Gasteiger partial charge < -0.3 is 31.9 Å². The minimum Gasteiger partial charge on any atom is -0.507 e. The van der Waals surface area contributed by atoms with E-state index in [1.165, 1.54) is 0 Å². The molecule has 8 heteroatoms. The van der Waals surface area contributed by atoms with E-state index in [4.69, 9.17) is 21.7 Å². The Morgan fingerprint density at radius 1 is 1.28 bits per heavy atom. The van der Waals surface area contributed by atoms with Crippen molar-refractivity contribution in [3.63, 3.8) is 0 Å². The molecule has 0 radical (unpaired) electrons. The molecular weight excluding hydrogens is 242 g/mol. The van der Waals surface area contributed by atoms with Gasteiger partial charge in [-0.05, 0) is 17.7 Å². The first-order valence-electron chi connectivity index (χ1n) is 4.84. The van der Waals surface area contributed by atoms with E-state index < -0.39 is 36.1 Å². The monoisotopic (exact) mass is 255 g/mol. The molecule has 1 aromatic rings. The third-order valence-electron chi connectivity index (χ3n) is 2.21. The topological polar surface area (TPSA) is 162 Å². The number of aliphatic imine (C=N–C) groups is 1. The first kappa shape index (κ1) is 13.6. The van der Waals surface area contributed by atoms with Crippen LogP contribution in [0.25, 0.3) is 0 Å². The molecule has 0 unspecified atom stereocenters. The molecule has 0 heterocycles. The highest BCUT2D eigenvalue weighted by Gasteiger charge is 2.22. The molecule has 0 aliphatic rings. The Bertz CT molecular complexity index is 473. The normalized spacial score (nSPS) is 11.8. The first-order chi connectivity index (χ1) is 8.36. The number of benzene rings is 1. The molecule has 8 nitrogen and oxygen atoms in total. The van der Waals surface area contributed by atoms with Crippen LogP contribution in [0.5, 0.6) is 11.5 Å². The number of hydrogen-bond donors (Lipinski definition) is 6. The van der Waals surface area contributed by atoms with Gasteiger partial charge in [0.2, 0.25) is 0 Å². The number of nitrogens with zero attached hydrogens (tertiary/aromatic N) is 1. The molecule has 0 bridgehead atoms. The lowest BCUT2D eigenvalue weighted by Gasteiger charge is -2.12. The zero-order valence-corrected chi connectivity index (χ0v) is 9.24. The van der Waals surface area contributed by atoms with Crippen molar-refractivity contribution in [2.45, 2.75) is 12.6 Å². The standard InChI is InChI=1S/C10H13N3O5/c11-10(12)13-8(9(17)18)4-1-6(15)5(3-14)7(16)2-4/h1-2,8,14-16H,3H2,(H,17,18)(H4,11,12,13)/t8-/m0/s1. The smallest absolute Gasteiger partial charge is 0.333 e. The summed E-state index contributed by atoms with van der Waals surface area (Å²) in [6, 6.07) is 0.687. The number of hydrogen-bond acceptors (Lipinski definition) is 5. The number of guanidine groups is 1. The average molecular weight is 255 g/mol. The van der Waals surface area contributed by atoms with E-state index in [2.05, 4.69) is 4.99 Å². The van der Waals surface area contributed by atoms with Gasteiger partial charge >= 0.3 is 5.97 Å². The SMILES string of the molecule is NC(N)=N[C@H](C(=O)O)c1cc(O)c(CO)c(O)c1. The molecule has 98 valence electrons. The summed E-state index contributed by atoms with van der Waals surface area (Å²) in [5.41, 5.74) is 10.1. The van der Waals surface area contributed by atoms with Crippen LogP contribution in [0.3, 0.4) is 0 Å². The van der Waals surface area contributed by atoms with Gasteiger partial charge in [-0.1, -0.05) is 0 Å². The number of aromatic hydroxyl groups is 2. The maximum Gasteiger partial charge on any atom is 0.333 e. The van der Waals surface area contributed by atoms with E-state index in [1.807, 2.05) is 0 Å². The van der Waals surface area contributed by atoms with Crippen molar-refractivity contribution in [1.82, 2.24) is 0 Å². The largest absolute Gasteiger partial charge is 0.507 e. The molecule has 0 aliphatic heterocycles. The van der Waals surface area contributed by atoms with Crippen LogP contribution in [0.4, 0.5) is 0 Å². The molecule has 1 aromatic carbocycles. The number of phenols is 2. The molecule has 0 amide bonds. The molecule has 0 saturated heterocycles. The predicted molar refractivity (Wildman–Crippen MR) is 61.9 cm³/mol. The minimum atomic E-state index is -1.44. The summed E-state index contributed by atoms with van der Waals surface area (Å²) < 4.78 is 0. The summed E-state index contributed by atoms with van der Waals surface area (Å²) >= 11 is 0. The summed E-state index contributed by atoms with van der Waals surface area (Å²) in [7, 11) is 0. The van der Waals surface area contributed by atoms with Crippen LogP contribution < -0.4 is 11.5 Å². The molecule has 0 spiro atoms. The maximum atomic E-state index is 11.0. The second-order valence-corrected chi connectivity index (χ2v) is 3.49. The van der Waals surface area contributed by atoms with Crippen LogP contribution in [0.2, 0.25) is 0 Å². The highest BCUT2D eigenvalue weighted by Crippen LogP contribution is 2.32. The van der Waals surface area contributed by atoms with Gasteiger partial charge in [0.05, 0.1) is 12.2 Å². The van der Waals surface area contributed by atoms with Gasteiger partial charge in [0.25, 0.3) is 0 Å². The number of carbonyl (C=O) groups is 1. The summed E-state index contributed by atoms with van der Waals surface area (Å²) in [6.07, 6.45) is 0. The quantitative estimate of drug-likeness (QED) is 0.296. The van der Waals surface area contributed by atoms with Gasteiger partial charge in [0.15, 0.2) is 12.0 Å². The maximum absolute atomic E-state index is 11.0. The van der Waals surface area contributed by atoms with Crippen LogP contribution in [-0.4, -0.2) is 32.4 Å². The zero-order chi connectivity index (χ0) is 13.9. The molecule has 0 aromatic heterocycles. The Kier molecular flexibility index (Phi) is 3.95. The van der Waals surface area contributed by atoms with Crippen molar-refractivity contribution in [3.05, 3.63) is 23.3 Å². The van der Waals surface area contributed by atoms with Gasteiger partial charge in [-0.2, -0.15) is 0 Å². The highest BCUT2D eigenvalue weighted by molar-refractivity contribution is 5.83. The van der Waals surface area contributed by atoms with Gasteiger partial charge in [0.1, 0.15) is 11.5 Å². The second kappa shape index (κ2) is 5.23. The lowest BCUT2D eigenvalue weighted by Crippen LogP contribution is -2.25. The summed E-state index contributed by atoms with van der Waals surface area (Å²) in [6.45, 7) is -0.585. The van der Waals surface area contributed by atoms with Crippen LogP contribution in [0.15, 0.2) is 17.1 Å². The molecule has 1 rings (SSSR count). The number of carboxylic acid groups (broad SMARTS) is 1. The Balaban J connectivity index is 3.31. The van der Waals surface area contributed by atoms with Crippen LogP contribution in [0.1, 0.15) is 17.2 Å². The zero-order valence-electron chi connectivity index (χ0n) is 9.24. The second-order valence-electron chi connectivity index (χ2n) is 3.49. The Morgan fingerprint density at radius 3 is 2.11 bits per heavy atom. The molecule has 8 N–H and O–H groups in total. The Labute approximate surface area is 102 Å². The van der Waals surface area contributed by atoms with Crippen molar-refractivity contribution < 1.29 is 25.2 Å². The van der Waals surface area contributed by atoms with E-state index in [-0.39, 0.29) is 11.1 Å². The minimum absolute atomic E-state index is 0.0110. The summed E-state index contributed by atoms with van der Waals surface area (Å²) in [5.74, 6) is -2.67. The average Bonchev–Trinajstić information content (AvgIpc) is 2.24. The molecule has 0 fully saturated rings. The molecule has 0 aliphatic carbocycles. The van der Waals surface area contributed by atoms with Crippen molar-refractivity contribution in [2.75, 3.05) is 0 Å². The van der Waals surface area contributed by atoms with E-state index in [0.717, 1.165) is 12.1 Å². The molecule has 18 heavy (non-hydrogen) atoms. The number of aliphatic hydroxyl groups is 1. The Hall–Kier alpha value is -2.48. The van der Waals surface area contributed by atoms with E-state index in [9.17, 15) is 15.0 Å². The van der Waals surface area contributed by atoms with Crippen LogP contribution in [-0.2, 0) is 11.4 Å². The fourth-order valence-electron chi connectivity index (χ4n) is 1.40. The molecular formula is C10H13N3O5. The fraction of sp³-hybridized carbons (Fsp3) is 0.200. The highest BCUT2D eigenvalue weighted by atomic mass is 16.4. The predicted octanol–water partition coefficient (Wildman–Crippen LogP) is -1.01. The molecule has 0 saturated carbocycles. The van der Waals surface area contributed by atoms with E-state index in [1.54, 1.807) is 0 Å². The van der Waals surface area contributed by atoms with E-state index in [0.29, 0.717) is 0 Å². The van der Waals surface area contributed by atoms with Gasteiger partial charge in [-0.25, -0.2) is 9.79 Å². The first-order valence-corrected chi connectivity index (χ1v) is 4.84. The van der Waals surface area contributed by atoms with Gasteiger partial charge in [0, 0.05) is 0 Å². The fourth-order valence-corrected chi connectivity index (χ4v) is 1.40. The van der Waals surface area contributed by atoms with E-state index >= 15 is 0 Å². The summed E-state index contributed by atoms with van der Waals surface area (Å²) in [4.78, 5) is 14.5. The third-order valence-corrected chi connectivity index (χ3v) is 2.21. The van der Waals surface area contributed by atoms with Crippen molar-refractivity contribution in [3.8, 4) is 11.5 Å². The van der Waals surface area contributed by atoms with Crippen LogP contribution >= 0.6 is 0 Å².